The van der Waals surface area contributed by atoms with Crippen LogP contribution in [0.5, 0.6) is 11.5 Å². The first-order chi connectivity index (χ1) is 9.74. The molecule has 3 nitrogen and oxygen atoms in total. The van der Waals surface area contributed by atoms with E-state index >= 15 is 0 Å². The van der Waals surface area contributed by atoms with Crippen molar-refractivity contribution in [2.24, 2.45) is 0 Å². The number of methoxy groups -OCH3 is 1. The third-order valence-electron chi connectivity index (χ3n) is 3.20. The first-order valence-electron chi connectivity index (χ1n) is 6.73. The van der Waals surface area contributed by atoms with Crippen molar-refractivity contribution in [2.45, 2.75) is 20.1 Å². The lowest BCUT2D eigenvalue weighted by Crippen LogP contribution is -2.08. The Bertz CT molecular complexity index is 549. The quantitative estimate of drug-likeness (QED) is 0.874. The van der Waals surface area contributed by atoms with Crippen LogP contribution in [0.25, 0.3) is 0 Å². The van der Waals surface area contributed by atoms with Crippen LogP contribution < -0.4 is 14.8 Å². The Morgan fingerprint density at radius 1 is 1.05 bits per heavy atom. The maximum absolute atomic E-state index is 6.00. The van der Waals surface area contributed by atoms with Gasteiger partial charge in [-0.25, -0.2) is 0 Å². The van der Waals surface area contributed by atoms with E-state index in [0.717, 1.165) is 29.2 Å². The Morgan fingerprint density at radius 2 is 1.80 bits per heavy atom. The predicted molar refractivity (Wildman–Crippen MR) is 81.3 cm³/mol. The Morgan fingerprint density at radius 3 is 2.45 bits per heavy atom. The minimum atomic E-state index is 0.561. The molecule has 2 aromatic rings. The van der Waals surface area contributed by atoms with Gasteiger partial charge in [-0.15, -0.1) is 0 Å². The van der Waals surface area contributed by atoms with Crippen LogP contribution in [0.2, 0.25) is 0 Å². The van der Waals surface area contributed by atoms with Crippen LogP contribution in [0.1, 0.15) is 16.7 Å². The molecule has 0 aliphatic heterocycles. The zero-order valence-corrected chi connectivity index (χ0v) is 12.3. The molecule has 2 rings (SSSR count). The number of hydrogen-bond donors (Lipinski definition) is 1. The van der Waals surface area contributed by atoms with Crippen LogP contribution >= 0.6 is 0 Å². The van der Waals surface area contributed by atoms with E-state index in [1.54, 1.807) is 7.11 Å². The van der Waals surface area contributed by atoms with Gasteiger partial charge in [0.25, 0.3) is 0 Å². The standard InChI is InChI=1S/C17H21NO2/c1-13-5-4-6-15(11-18-2)17(13)20-12-14-7-9-16(19-3)10-8-14/h4-10,18H,11-12H2,1-3H3. The maximum Gasteiger partial charge on any atom is 0.127 e. The summed E-state index contributed by atoms with van der Waals surface area (Å²) in [6.45, 7) is 3.44. The summed E-state index contributed by atoms with van der Waals surface area (Å²) < 4.78 is 11.2. The molecule has 0 aliphatic carbocycles. The molecule has 0 bridgehead atoms. The summed E-state index contributed by atoms with van der Waals surface area (Å²) in [7, 11) is 3.61. The molecule has 3 heteroatoms. The molecule has 0 aromatic heterocycles. The number of ether oxygens (including phenoxy) is 2. The molecular formula is C17H21NO2. The highest BCUT2D eigenvalue weighted by Crippen LogP contribution is 2.24. The van der Waals surface area contributed by atoms with E-state index in [-0.39, 0.29) is 0 Å². The zero-order chi connectivity index (χ0) is 14.4. The van der Waals surface area contributed by atoms with E-state index in [4.69, 9.17) is 9.47 Å². The number of rotatable bonds is 6. The molecule has 0 spiro atoms. The summed E-state index contributed by atoms with van der Waals surface area (Å²) in [6, 6.07) is 14.2. The Labute approximate surface area is 120 Å². The van der Waals surface area contributed by atoms with Gasteiger partial charge >= 0.3 is 0 Å². The minimum absolute atomic E-state index is 0.561. The van der Waals surface area contributed by atoms with Gasteiger partial charge in [0.1, 0.15) is 18.1 Å². The van der Waals surface area contributed by atoms with Crippen molar-refractivity contribution in [1.82, 2.24) is 5.32 Å². The smallest absolute Gasteiger partial charge is 0.127 e. The van der Waals surface area contributed by atoms with E-state index in [2.05, 4.69) is 30.4 Å². The molecular weight excluding hydrogens is 250 g/mol. The lowest BCUT2D eigenvalue weighted by molar-refractivity contribution is 0.300. The Balaban J connectivity index is 2.09. The van der Waals surface area contributed by atoms with Crippen LogP contribution in [0, 0.1) is 6.92 Å². The number of benzene rings is 2. The fourth-order valence-electron chi connectivity index (χ4n) is 2.13. The first-order valence-corrected chi connectivity index (χ1v) is 6.73. The topological polar surface area (TPSA) is 30.5 Å². The maximum atomic E-state index is 6.00. The molecule has 0 atom stereocenters. The van der Waals surface area contributed by atoms with Gasteiger partial charge in [-0.3, -0.25) is 0 Å². The van der Waals surface area contributed by atoms with E-state index in [1.165, 1.54) is 5.56 Å². The molecule has 0 saturated carbocycles. The third kappa shape index (κ3) is 3.52. The van der Waals surface area contributed by atoms with E-state index in [1.807, 2.05) is 31.3 Å². The van der Waals surface area contributed by atoms with Gasteiger partial charge in [0.2, 0.25) is 0 Å². The number of para-hydroxylation sites is 1. The van der Waals surface area contributed by atoms with Crippen molar-refractivity contribution in [2.75, 3.05) is 14.2 Å². The highest BCUT2D eigenvalue weighted by atomic mass is 16.5. The SMILES string of the molecule is CNCc1cccc(C)c1OCc1ccc(OC)cc1. The number of hydrogen-bond acceptors (Lipinski definition) is 3. The van der Waals surface area contributed by atoms with Gasteiger partial charge in [-0.1, -0.05) is 30.3 Å². The summed E-state index contributed by atoms with van der Waals surface area (Å²) >= 11 is 0. The highest BCUT2D eigenvalue weighted by molar-refractivity contribution is 5.41. The average Bonchev–Trinajstić information content (AvgIpc) is 2.47. The van der Waals surface area contributed by atoms with Gasteiger partial charge in [-0.05, 0) is 37.2 Å². The molecule has 1 N–H and O–H groups in total. The van der Waals surface area contributed by atoms with Crippen molar-refractivity contribution in [3.05, 3.63) is 59.2 Å². The van der Waals surface area contributed by atoms with Crippen LogP contribution in [-0.4, -0.2) is 14.2 Å². The molecule has 2 aromatic carbocycles. The van der Waals surface area contributed by atoms with Crippen molar-refractivity contribution in [3.8, 4) is 11.5 Å². The van der Waals surface area contributed by atoms with Crippen molar-refractivity contribution >= 4 is 0 Å². The summed E-state index contributed by atoms with van der Waals surface area (Å²) in [4.78, 5) is 0. The molecule has 0 aliphatic rings. The fraction of sp³-hybridized carbons (Fsp3) is 0.294. The van der Waals surface area contributed by atoms with Gasteiger partial charge in [0.15, 0.2) is 0 Å². The lowest BCUT2D eigenvalue weighted by atomic mass is 10.1. The van der Waals surface area contributed by atoms with Gasteiger partial charge in [0, 0.05) is 12.1 Å². The van der Waals surface area contributed by atoms with Gasteiger partial charge in [-0.2, -0.15) is 0 Å². The summed E-state index contributed by atoms with van der Waals surface area (Å²) in [5, 5.41) is 3.17. The van der Waals surface area contributed by atoms with Gasteiger partial charge < -0.3 is 14.8 Å². The van der Waals surface area contributed by atoms with Gasteiger partial charge in [0.05, 0.1) is 7.11 Å². The fourth-order valence-corrected chi connectivity index (χ4v) is 2.13. The normalized spacial score (nSPS) is 10.3. The second-order valence-electron chi connectivity index (χ2n) is 4.73. The molecule has 0 unspecified atom stereocenters. The molecule has 0 saturated heterocycles. The number of aryl methyl sites for hydroxylation is 1. The van der Waals surface area contributed by atoms with Crippen LogP contribution in [0.15, 0.2) is 42.5 Å². The van der Waals surface area contributed by atoms with E-state index in [9.17, 15) is 0 Å². The van der Waals surface area contributed by atoms with E-state index in [0.29, 0.717) is 6.61 Å². The Kier molecular flexibility index (Phi) is 5.02. The molecule has 0 amide bonds. The molecule has 106 valence electrons. The molecule has 0 heterocycles. The largest absolute Gasteiger partial charge is 0.497 e. The monoisotopic (exact) mass is 271 g/mol. The second-order valence-corrected chi connectivity index (χ2v) is 4.73. The van der Waals surface area contributed by atoms with E-state index < -0.39 is 0 Å². The van der Waals surface area contributed by atoms with Crippen LogP contribution in [0.4, 0.5) is 0 Å². The molecule has 0 fully saturated rings. The minimum Gasteiger partial charge on any atom is -0.497 e. The molecule has 20 heavy (non-hydrogen) atoms. The summed E-state index contributed by atoms with van der Waals surface area (Å²) in [5.41, 5.74) is 3.47. The van der Waals surface area contributed by atoms with Crippen molar-refractivity contribution in [3.63, 3.8) is 0 Å². The third-order valence-corrected chi connectivity index (χ3v) is 3.20. The first kappa shape index (κ1) is 14.4. The van der Waals surface area contributed by atoms with Crippen molar-refractivity contribution < 1.29 is 9.47 Å². The average molecular weight is 271 g/mol. The van der Waals surface area contributed by atoms with Crippen LogP contribution in [0.3, 0.4) is 0 Å². The second kappa shape index (κ2) is 6.96. The summed E-state index contributed by atoms with van der Waals surface area (Å²) in [6.07, 6.45) is 0. The molecule has 0 radical (unpaired) electrons. The van der Waals surface area contributed by atoms with Crippen LogP contribution in [-0.2, 0) is 13.2 Å². The predicted octanol–water partition coefficient (Wildman–Crippen LogP) is 3.30. The lowest BCUT2D eigenvalue weighted by Gasteiger charge is -2.14. The highest BCUT2D eigenvalue weighted by Gasteiger charge is 2.06. The zero-order valence-electron chi connectivity index (χ0n) is 12.3. The Hall–Kier alpha value is -2.00. The number of nitrogens with one attached hydrogen (secondary N) is 1. The van der Waals surface area contributed by atoms with Crippen molar-refractivity contribution in [1.29, 1.82) is 0 Å². The summed E-state index contributed by atoms with van der Waals surface area (Å²) in [5.74, 6) is 1.83.